The number of benzene rings is 1. The second kappa shape index (κ2) is 8.37. The lowest BCUT2D eigenvalue weighted by Crippen LogP contribution is -2.21. The van der Waals surface area contributed by atoms with Crippen molar-refractivity contribution in [2.75, 3.05) is 0 Å². The summed E-state index contributed by atoms with van der Waals surface area (Å²) >= 11 is 0. The third-order valence-corrected chi connectivity index (χ3v) is 3.81. The van der Waals surface area contributed by atoms with Gasteiger partial charge in [-0.25, -0.2) is 0 Å². The molecule has 1 rings (SSSR count). The fourth-order valence-electron chi connectivity index (χ4n) is 2.92. The molecule has 19 heavy (non-hydrogen) atoms. The molecule has 1 atom stereocenters. The summed E-state index contributed by atoms with van der Waals surface area (Å²) in [6.07, 6.45) is 6.08. The van der Waals surface area contributed by atoms with Gasteiger partial charge in [0.15, 0.2) is 0 Å². The summed E-state index contributed by atoms with van der Waals surface area (Å²) in [6.45, 7) is 9.04. The summed E-state index contributed by atoms with van der Waals surface area (Å²) in [5.74, 6) is 1.33. The van der Waals surface area contributed by atoms with Crippen LogP contribution in [0, 0.1) is 11.8 Å². The molecule has 0 saturated heterocycles. The zero-order valence-electron chi connectivity index (χ0n) is 13.2. The van der Waals surface area contributed by atoms with Crippen molar-refractivity contribution in [3.63, 3.8) is 0 Å². The van der Waals surface area contributed by atoms with Crippen molar-refractivity contribution in [1.29, 1.82) is 0 Å². The quantitative estimate of drug-likeness (QED) is 0.692. The molecular weight excluding hydrogens is 230 g/mol. The number of hydrogen-bond donors (Lipinski definition) is 1. The number of nitrogens with two attached hydrogens (primary N) is 1. The van der Waals surface area contributed by atoms with Crippen LogP contribution in [0.4, 0.5) is 0 Å². The van der Waals surface area contributed by atoms with E-state index < -0.39 is 0 Å². The van der Waals surface area contributed by atoms with E-state index in [0.717, 1.165) is 6.42 Å². The normalized spacial score (nSPS) is 13.2. The second-order valence-electron chi connectivity index (χ2n) is 6.21. The highest BCUT2D eigenvalue weighted by molar-refractivity contribution is 5.26. The van der Waals surface area contributed by atoms with E-state index in [1.807, 2.05) is 0 Å². The monoisotopic (exact) mass is 261 g/mol. The summed E-state index contributed by atoms with van der Waals surface area (Å²) in [6, 6.07) is 9.12. The van der Waals surface area contributed by atoms with Gasteiger partial charge in [-0.2, -0.15) is 0 Å². The maximum Gasteiger partial charge on any atom is 0.0323 e. The van der Waals surface area contributed by atoms with Crippen molar-refractivity contribution in [3.05, 3.63) is 35.4 Å². The van der Waals surface area contributed by atoms with E-state index in [1.54, 1.807) is 0 Å². The molecule has 0 spiro atoms. The average molecular weight is 261 g/mol. The molecule has 1 unspecified atom stereocenters. The highest BCUT2D eigenvalue weighted by atomic mass is 14.6. The zero-order valence-corrected chi connectivity index (χ0v) is 13.2. The van der Waals surface area contributed by atoms with Crippen LogP contribution in [0.15, 0.2) is 24.3 Å². The summed E-state index contributed by atoms with van der Waals surface area (Å²) in [4.78, 5) is 0. The predicted molar refractivity (Wildman–Crippen MR) is 85.2 cm³/mol. The first-order chi connectivity index (χ1) is 9.08. The molecule has 0 aliphatic rings. The van der Waals surface area contributed by atoms with E-state index in [-0.39, 0.29) is 6.04 Å². The highest BCUT2D eigenvalue weighted by Gasteiger charge is 2.18. The average Bonchev–Trinajstić information content (AvgIpc) is 2.37. The molecule has 1 heteroatoms. The SMILES string of the molecule is CCCC(CCC)C(N)c1cccc(CC(C)C)c1. The topological polar surface area (TPSA) is 26.0 Å². The third kappa shape index (κ3) is 5.36. The Morgan fingerprint density at radius 3 is 2.21 bits per heavy atom. The Morgan fingerprint density at radius 2 is 1.68 bits per heavy atom. The van der Waals surface area contributed by atoms with E-state index in [2.05, 4.69) is 52.0 Å². The molecular formula is C18H31N. The standard InChI is InChI=1S/C18H31N/c1-5-8-16(9-6-2)18(19)17-11-7-10-15(13-17)12-14(3)4/h7,10-11,13-14,16,18H,5-6,8-9,12,19H2,1-4H3. The Balaban J connectivity index is 2.81. The van der Waals surface area contributed by atoms with Crippen LogP contribution in [0.1, 0.15) is 70.5 Å². The van der Waals surface area contributed by atoms with E-state index >= 15 is 0 Å². The molecule has 1 aromatic rings. The predicted octanol–water partition coefficient (Wildman–Crippen LogP) is 5.10. The van der Waals surface area contributed by atoms with Gasteiger partial charge in [0.25, 0.3) is 0 Å². The number of rotatable bonds is 8. The molecule has 1 nitrogen and oxygen atoms in total. The molecule has 0 heterocycles. The molecule has 0 aliphatic heterocycles. The molecule has 108 valence electrons. The Morgan fingerprint density at radius 1 is 1.05 bits per heavy atom. The van der Waals surface area contributed by atoms with Crippen LogP contribution >= 0.6 is 0 Å². The van der Waals surface area contributed by atoms with Gasteiger partial charge < -0.3 is 5.73 Å². The van der Waals surface area contributed by atoms with Crippen LogP contribution in [0.25, 0.3) is 0 Å². The van der Waals surface area contributed by atoms with Gasteiger partial charge in [-0.3, -0.25) is 0 Å². The van der Waals surface area contributed by atoms with Crippen molar-refractivity contribution in [2.45, 2.75) is 65.8 Å². The van der Waals surface area contributed by atoms with E-state index in [9.17, 15) is 0 Å². The Hall–Kier alpha value is -0.820. The third-order valence-electron chi connectivity index (χ3n) is 3.81. The Bertz CT molecular complexity index is 350. The fraction of sp³-hybridized carbons (Fsp3) is 0.667. The van der Waals surface area contributed by atoms with Crippen LogP contribution in [0.3, 0.4) is 0 Å². The summed E-state index contributed by atoms with van der Waals surface area (Å²) in [5, 5.41) is 0. The molecule has 0 fully saturated rings. The van der Waals surface area contributed by atoms with Gasteiger partial charge in [0.1, 0.15) is 0 Å². The molecule has 0 aliphatic carbocycles. The van der Waals surface area contributed by atoms with Gasteiger partial charge >= 0.3 is 0 Å². The zero-order chi connectivity index (χ0) is 14.3. The fourth-order valence-corrected chi connectivity index (χ4v) is 2.92. The summed E-state index contributed by atoms with van der Waals surface area (Å²) < 4.78 is 0. The summed E-state index contributed by atoms with van der Waals surface area (Å²) in [5.41, 5.74) is 9.26. The van der Waals surface area contributed by atoms with Gasteiger partial charge in [-0.05, 0) is 42.2 Å². The van der Waals surface area contributed by atoms with Crippen LogP contribution in [0.2, 0.25) is 0 Å². The maximum atomic E-state index is 6.51. The van der Waals surface area contributed by atoms with Crippen molar-refractivity contribution in [1.82, 2.24) is 0 Å². The number of hydrogen-bond acceptors (Lipinski definition) is 1. The molecule has 0 amide bonds. The van der Waals surface area contributed by atoms with E-state index in [1.165, 1.54) is 36.8 Å². The Labute approximate surface area is 119 Å². The van der Waals surface area contributed by atoms with Gasteiger partial charge in [0, 0.05) is 6.04 Å². The van der Waals surface area contributed by atoms with Gasteiger partial charge in [-0.15, -0.1) is 0 Å². The minimum atomic E-state index is 0.201. The molecule has 0 radical (unpaired) electrons. The van der Waals surface area contributed by atoms with Crippen molar-refractivity contribution < 1.29 is 0 Å². The van der Waals surface area contributed by atoms with Crippen LogP contribution < -0.4 is 5.73 Å². The first kappa shape index (κ1) is 16.2. The molecule has 0 saturated carbocycles. The maximum absolute atomic E-state index is 6.51. The first-order valence-electron chi connectivity index (χ1n) is 7.92. The van der Waals surface area contributed by atoms with Crippen LogP contribution in [-0.2, 0) is 6.42 Å². The lowest BCUT2D eigenvalue weighted by Gasteiger charge is -2.24. The van der Waals surface area contributed by atoms with E-state index in [4.69, 9.17) is 5.73 Å². The first-order valence-corrected chi connectivity index (χ1v) is 7.92. The lowest BCUT2D eigenvalue weighted by molar-refractivity contribution is 0.368. The smallest absolute Gasteiger partial charge is 0.0323 e. The molecule has 1 aromatic carbocycles. The Kier molecular flexibility index (Phi) is 7.15. The van der Waals surface area contributed by atoms with Crippen molar-refractivity contribution >= 4 is 0 Å². The molecule has 0 bridgehead atoms. The molecule has 0 aromatic heterocycles. The molecule has 2 N–H and O–H groups in total. The van der Waals surface area contributed by atoms with E-state index in [0.29, 0.717) is 11.8 Å². The second-order valence-corrected chi connectivity index (χ2v) is 6.21. The van der Waals surface area contributed by atoms with Crippen molar-refractivity contribution in [2.24, 2.45) is 17.6 Å². The van der Waals surface area contributed by atoms with Crippen molar-refractivity contribution in [3.8, 4) is 0 Å². The largest absolute Gasteiger partial charge is 0.324 e. The highest BCUT2D eigenvalue weighted by Crippen LogP contribution is 2.28. The lowest BCUT2D eigenvalue weighted by atomic mass is 9.86. The summed E-state index contributed by atoms with van der Waals surface area (Å²) in [7, 11) is 0. The van der Waals surface area contributed by atoms with Gasteiger partial charge in [0.2, 0.25) is 0 Å². The van der Waals surface area contributed by atoms with Crippen LogP contribution in [-0.4, -0.2) is 0 Å². The van der Waals surface area contributed by atoms with Crippen LogP contribution in [0.5, 0.6) is 0 Å². The van der Waals surface area contributed by atoms with Gasteiger partial charge in [0.05, 0.1) is 0 Å². The minimum absolute atomic E-state index is 0.201. The van der Waals surface area contributed by atoms with Gasteiger partial charge in [-0.1, -0.05) is 64.8 Å². The minimum Gasteiger partial charge on any atom is -0.324 e.